The highest BCUT2D eigenvalue weighted by Crippen LogP contribution is 2.34. The van der Waals surface area contributed by atoms with Crippen molar-refractivity contribution < 1.29 is 9.90 Å². The number of amides is 1. The molecule has 2 heterocycles. The smallest absolute Gasteiger partial charge is 0.409 e. The Balaban J connectivity index is 2.05. The quantitative estimate of drug-likeness (QED) is 0.726. The third kappa shape index (κ3) is 2.37. The summed E-state index contributed by atoms with van der Waals surface area (Å²) in [6.45, 7) is 0. The second-order valence-corrected chi connectivity index (χ2v) is 5.73. The van der Waals surface area contributed by atoms with Gasteiger partial charge in [-0.1, -0.05) is 12.1 Å². The molecule has 0 saturated heterocycles. The second-order valence-electron chi connectivity index (χ2n) is 3.99. The first kappa shape index (κ1) is 13.0. The molecule has 0 atom stereocenters. The van der Waals surface area contributed by atoms with Gasteiger partial charge in [0.25, 0.3) is 0 Å². The number of thiophene rings is 1. The number of aromatic nitrogens is 2. The molecule has 0 spiro atoms. The van der Waals surface area contributed by atoms with Crippen LogP contribution in [0, 0.1) is 0 Å². The van der Waals surface area contributed by atoms with E-state index in [1.54, 1.807) is 23.5 Å². The first-order valence-electron chi connectivity index (χ1n) is 5.63. The molecule has 0 aliphatic heterocycles. The van der Waals surface area contributed by atoms with Gasteiger partial charge in [0.2, 0.25) is 0 Å². The van der Waals surface area contributed by atoms with Gasteiger partial charge in [0.1, 0.15) is 6.33 Å². The highest BCUT2D eigenvalue weighted by molar-refractivity contribution is 9.10. The van der Waals surface area contributed by atoms with Crippen molar-refractivity contribution in [2.45, 2.75) is 0 Å². The Morgan fingerprint density at radius 3 is 2.70 bits per heavy atom. The topological polar surface area (TPSA) is 75.1 Å². The van der Waals surface area contributed by atoms with E-state index in [1.165, 1.54) is 6.33 Å². The maximum absolute atomic E-state index is 10.6. The Morgan fingerprint density at radius 2 is 2.00 bits per heavy atom. The minimum absolute atomic E-state index is 0.527. The standard InChI is InChI=1S/C13H8BrN3O2S/c14-9-5-20-12-10(15-6-16-11(9)12)7-1-3-8(4-2-7)17-13(18)19/h1-6,17H,(H,18,19). The van der Waals surface area contributed by atoms with Crippen molar-refractivity contribution >= 4 is 49.3 Å². The molecular weight excluding hydrogens is 342 g/mol. The molecule has 0 aliphatic rings. The van der Waals surface area contributed by atoms with Gasteiger partial charge in [0.05, 0.1) is 20.4 Å². The normalized spacial score (nSPS) is 10.7. The molecule has 0 bridgehead atoms. The summed E-state index contributed by atoms with van der Waals surface area (Å²) in [5.41, 5.74) is 3.17. The molecule has 0 aliphatic carbocycles. The molecule has 2 aromatic heterocycles. The number of rotatable bonds is 2. The zero-order valence-electron chi connectivity index (χ0n) is 10.0. The maximum atomic E-state index is 10.6. The van der Waals surface area contributed by atoms with Crippen molar-refractivity contribution in [1.29, 1.82) is 0 Å². The molecule has 0 radical (unpaired) electrons. The van der Waals surface area contributed by atoms with Gasteiger partial charge >= 0.3 is 6.09 Å². The third-order valence-corrected chi connectivity index (χ3v) is 4.60. The van der Waals surface area contributed by atoms with E-state index < -0.39 is 6.09 Å². The van der Waals surface area contributed by atoms with E-state index in [2.05, 4.69) is 31.2 Å². The van der Waals surface area contributed by atoms with Gasteiger partial charge in [-0.2, -0.15) is 0 Å². The van der Waals surface area contributed by atoms with Gasteiger partial charge < -0.3 is 5.11 Å². The van der Waals surface area contributed by atoms with Crippen LogP contribution < -0.4 is 5.32 Å². The van der Waals surface area contributed by atoms with E-state index in [0.29, 0.717) is 5.69 Å². The summed E-state index contributed by atoms with van der Waals surface area (Å²) in [4.78, 5) is 19.1. The minimum atomic E-state index is -1.08. The summed E-state index contributed by atoms with van der Waals surface area (Å²) in [5, 5.41) is 12.9. The van der Waals surface area contributed by atoms with Crippen molar-refractivity contribution in [3.8, 4) is 11.3 Å². The summed E-state index contributed by atoms with van der Waals surface area (Å²) in [6.07, 6.45) is 0.447. The number of hydrogen-bond acceptors (Lipinski definition) is 4. The van der Waals surface area contributed by atoms with Gasteiger partial charge in [0, 0.05) is 16.6 Å². The van der Waals surface area contributed by atoms with E-state index in [4.69, 9.17) is 5.11 Å². The number of benzene rings is 1. The summed E-state index contributed by atoms with van der Waals surface area (Å²) in [6, 6.07) is 7.08. The van der Waals surface area contributed by atoms with Gasteiger partial charge in [-0.15, -0.1) is 11.3 Å². The van der Waals surface area contributed by atoms with Crippen molar-refractivity contribution in [2.24, 2.45) is 0 Å². The predicted molar refractivity (Wildman–Crippen MR) is 82.2 cm³/mol. The molecule has 2 N–H and O–H groups in total. The van der Waals surface area contributed by atoms with E-state index in [0.717, 1.165) is 25.9 Å². The summed E-state index contributed by atoms with van der Waals surface area (Å²) in [5.74, 6) is 0. The Labute approximate surface area is 126 Å². The number of halogens is 1. The molecular formula is C13H8BrN3O2S. The van der Waals surface area contributed by atoms with Crippen LogP contribution in [0.25, 0.3) is 21.5 Å². The zero-order valence-corrected chi connectivity index (χ0v) is 12.4. The lowest BCUT2D eigenvalue weighted by molar-refractivity contribution is 0.210. The van der Waals surface area contributed by atoms with Gasteiger partial charge in [-0.25, -0.2) is 14.8 Å². The van der Waals surface area contributed by atoms with Crippen molar-refractivity contribution in [2.75, 3.05) is 5.32 Å². The molecule has 3 aromatic rings. The largest absolute Gasteiger partial charge is 0.465 e. The molecule has 5 nitrogen and oxygen atoms in total. The monoisotopic (exact) mass is 349 g/mol. The van der Waals surface area contributed by atoms with Crippen molar-refractivity contribution in [3.05, 3.63) is 40.4 Å². The van der Waals surface area contributed by atoms with Gasteiger partial charge in [-0.05, 0) is 28.1 Å². The Morgan fingerprint density at radius 1 is 1.25 bits per heavy atom. The molecule has 0 unspecified atom stereocenters. The van der Waals surface area contributed by atoms with Gasteiger partial charge in [-0.3, -0.25) is 5.32 Å². The number of carbonyl (C=O) groups is 1. The number of anilines is 1. The average Bonchev–Trinajstić information content (AvgIpc) is 2.81. The molecule has 100 valence electrons. The Hall–Kier alpha value is -1.99. The fourth-order valence-electron chi connectivity index (χ4n) is 1.86. The highest BCUT2D eigenvalue weighted by atomic mass is 79.9. The fraction of sp³-hybridized carbons (Fsp3) is 0. The van der Waals surface area contributed by atoms with Crippen LogP contribution >= 0.6 is 27.3 Å². The van der Waals surface area contributed by atoms with E-state index >= 15 is 0 Å². The van der Waals surface area contributed by atoms with Crippen LogP contribution in [0.15, 0.2) is 40.4 Å². The summed E-state index contributed by atoms with van der Waals surface area (Å²) < 4.78 is 1.95. The minimum Gasteiger partial charge on any atom is -0.465 e. The first-order chi connectivity index (χ1) is 9.65. The Kier molecular flexibility index (Phi) is 3.37. The van der Waals surface area contributed by atoms with Crippen LogP contribution in [0.4, 0.5) is 10.5 Å². The van der Waals surface area contributed by atoms with Crippen LogP contribution in [0.3, 0.4) is 0 Å². The molecule has 1 amide bonds. The van der Waals surface area contributed by atoms with Crippen LogP contribution in [-0.2, 0) is 0 Å². The van der Waals surface area contributed by atoms with E-state index in [9.17, 15) is 4.79 Å². The molecule has 7 heteroatoms. The fourth-order valence-corrected chi connectivity index (χ4v) is 3.46. The first-order valence-corrected chi connectivity index (χ1v) is 7.30. The number of nitrogens with one attached hydrogen (secondary N) is 1. The molecule has 20 heavy (non-hydrogen) atoms. The maximum Gasteiger partial charge on any atom is 0.409 e. The molecule has 1 aromatic carbocycles. The zero-order chi connectivity index (χ0) is 14.1. The number of nitrogens with zero attached hydrogens (tertiary/aromatic N) is 2. The number of hydrogen-bond donors (Lipinski definition) is 2. The lowest BCUT2D eigenvalue weighted by atomic mass is 10.1. The van der Waals surface area contributed by atoms with E-state index in [-0.39, 0.29) is 0 Å². The summed E-state index contributed by atoms with van der Waals surface area (Å²) >= 11 is 5.03. The lowest BCUT2D eigenvalue weighted by Crippen LogP contribution is -2.06. The average molecular weight is 350 g/mol. The Bertz CT molecular complexity index is 786. The van der Waals surface area contributed by atoms with Crippen LogP contribution in [0.1, 0.15) is 0 Å². The molecule has 0 saturated carbocycles. The van der Waals surface area contributed by atoms with Gasteiger partial charge in [0.15, 0.2) is 0 Å². The molecule has 0 fully saturated rings. The van der Waals surface area contributed by atoms with Crippen LogP contribution in [-0.4, -0.2) is 21.2 Å². The third-order valence-electron chi connectivity index (χ3n) is 2.72. The van der Waals surface area contributed by atoms with Crippen molar-refractivity contribution in [3.63, 3.8) is 0 Å². The SMILES string of the molecule is O=C(O)Nc1ccc(-c2ncnc3c(Br)csc23)cc1. The van der Waals surface area contributed by atoms with Crippen molar-refractivity contribution in [1.82, 2.24) is 9.97 Å². The second kappa shape index (κ2) is 5.18. The van der Waals surface area contributed by atoms with E-state index in [1.807, 2.05) is 17.5 Å². The summed E-state index contributed by atoms with van der Waals surface area (Å²) in [7, 11) is 0. The number of carboxylic acid groups (broad SMARTS) is 1. The van der Waals surface area contributed by atoms with Crippen LogP contribution in [0.5, 0.6) is 0 Å². The number of fused-ring (bicyclic) bond motifs is 1. The highest BCUT2D eigenvalue weighted by Gasteiger charge is 2.10. The van der Waals surface area contributed by atoms with Crippen LogP contribution in [0.2, 0.25) is 0 Å². The lowest BCUT2D eigenvalue weighted by Gasteiger charge is -2.04. The predicted octanol–water partition coefficient (Wildman–Crippen LogP) is 4.21. The molecule has 3 rings (SSSR count).